The average Bonchev–Trinajstić information content (AvgIpc) is 2.72. The van der Waals surface area contributed by atoms with Crippen molar-refractivity contribution in [2.24, 2.45) is 5.92 Å². The number of rotatable bonds is 2. The molecule has 3 heteroatoms. The SMILES string of the molecule is CN(C1CCCNC1)C1CCN2CCC1C2. The molecular weight excluding hydrogens is 198 g/mol. The maximum absolute atomic E-state index is 3.55. The quantitative estimate of drug-likeness (QED) is 0.746. The molecule has 4 atom stereocenters. The molecule has 3 aliphatic rings. The number of piperidine rings is 2. The molecule has 3 saturated heterocycles. The summed E-state index contributed by atoms with van der Waals surface area (Å²) in [4.78, 5) is 5.35. The van der Waals surface area contributed by atoms with E-state index in [9.17, 15) is 0 Å². The van der Waals surface area contributed by atoms with Crippen molar-refractivity contribution >= 4 is 0 Å². The third kappa shape index (κ3) is 2.01. The third-order valence-electron chi connectivity index (χ3n) is 4.96. The minimum Gasteiger partial charge on any atom is -0.315 e. The Morgan fingerprint density at radius 3 is 2.88 bits per heavy atom. The first-order valence-electron chi connectivity index (χ1n) is 6.99. The maximum atomic E-state index is 3.55. The second-order valence-corrected chi connectivity index (χ2v) is 5.87. The van der Waals surface area contributed by atoms with Crippen molar-refractivity contribution in [3.8, 4) is 0 Å². The van der Waals surface area contributed by atoms with Crippen molar-refractivity contribution in [1.82, 2.24) is 15.1 Å². The predicted molar refractivity (Wildman–Crippen MR) is 66.6 cm³/mol. The summed E-state index contributed by atoms with van der Waals surface area (Å²) < 4.78 is 0. The van der Waals surface area contributed by atoms with E-state index in [-0.39, 0.29) is 0 Å². The molecule has 4 unspecified atom stereocenters. The lowest BCUT2D eigenvalue weighted by Crippen LogP contribution is -2.53. The van der Waals surface area contributed by atoms with Crippen molar-refractivity contribution in [2.75, 3.05) is 39.8 Å². The van der Waals surface area contributed by atoms with Crippen LogP contribution in [0.4, 0.5) is 0 Å². The van der Waals surface area contributed by atoms with E-state index in [1.54, 1.807) is 0 Å². The third-order valence-corrected chi connectivity index (χ3v) is 4.96. The van der Waals surface area contributed by atoms with Gasteiger partial charge in [0, 0.05) is 25.2 Å². The summed E-state index contributed by atoms with van der Waals surface area (Å²) in [5.41, 5.74) is 0. The summed E-state index contributed by atoms with van der Waals surface area (Å²) in [7, 11) is 2.37. The van der Waals surface area contributed by atoms with Crippen LogP contribution in [-0.4, -0.2) is 61.7 Å². The molecule has 0 aromatic carbocycles. The van der Waals surface area contributed by atoms with Crippen LogP contribution in [0.25, 0.3) is 0 Å². The molecule has 0 saturated carbocycles. The Morgan fingerprint density at radius 2 is 2.06 bits per heavy atom. The summed E-state index contributed by atoms with van der Waals surface area (Å²) in [6, 6.07) is 1.66. The zero-order valence-corrected chi connectivity index (χ0v) is 10.5. The molecule has 0 aromatic heterocycles. The van der Waals surface area contributed by atoms with Gasteiger partial charge < -0.3 is 10.2 Å². The topological polar surface area (TPSA) is 18.5 Å². The summed E-state index contributed by atoms with van der Waals surface area (Å²) in [5.74, 6) is 0.959. The monoisotopic (exact) mass is 223 g/mol. The van der Waals surface area contributed by atoms with Gasteiger partial charge in [-0.25, -0.2) is 0 Å². The van der Waals surface area contributed by atoms with E-state index < -0.39 is 0 Å². The lowest BCUT2D eigenvalue weighted by Gasteiger charge is -2.42. The lowest BCUT2D eigenvalue weighted by molar-refractivity contribution is 0.0753. The van der Waals surface area contributed by atoms with Gasteiger partial charge in [-0.1, -0.05) is 0 Å². The van der Waals surface area contributed by atoms with E-state index in [4.69, 9.17) is 0 Å². The first-order valence-corrected chi connectivity index (χ1v) is 6.99. The van der Waals surface area contributed by atoms with Crippen LogP contribution in [0.5, 0.6) is 0 Å². The van der Waals surface area contributed by atoms with Crippen LogP contribution in [0.15, 0.2) is 0 Å². The molecule has 2 bridgehead atoms. The molecule has 3 fully saturated rings. The van der Waals surface area contributed by atoms with Crippen LogP contribution in [0.1, 0.15) is 25.7 Å². The Kier molecular flexibility index (Phi) is 3.18. The zero-order chi connectivity index (χ0) is 11.0. The van der Waals surface area contributed by atoms with Gasteiger partial charge in [-0.2, -0.15) is 0 Å². The minimum atomic E-state index is 0.797. The fourth-order valence-corrected chi connectivity index (χ4v) is 3.92. The average molecular weight is 223 g/mol. The molecule has 92 valence electrons. The summed E-state index contributed by atoms with van der Waals surface area (Å²) in [5, 5.41) is 3.55. The van der Waals surface area contributed by atoms with Gasteiger partial charge in [0.25, 0.3) is 0 Å². The summed E-state index contributed by atoms with van der Waals surface area (Å²) in [6.45, 7) is 6.51. The predicted octanol–water partition coefficient (Wildman–Crippen LogP) is 0.764. The van der Waals surface area contributed by atoms with E-state index in [1.165, 1.54) is 58.4 Å². The largest absolute Gasteiger partial charge is 0.315 e. The van der Waals surface area contributed by atoms with Gasteiger partial charge >= 0.3 is 0 Å². The van der Waals surface area contributed by atoms with Crippen molar-refractivity contribution < 1.29 is 0 Å². The molecule has 3 heterocycles. The second kappa shape index (κ2) is 4.63. The van der Waals surface area contributed by atoms with E-state index in [0.29, 0.717) is 0 Å². The number of nitrogens with one attached hydrogen (secondary N) is 1. The highest BCUT2D eigenvalue weighted by Gasteiger charge is 2.38. The van der Waals surface area contributed by atoms with Crippen molar-refractivity contribution in [1.29, 1.82) is 0 Å². The molecule has 3 rings (SSSR count). The van der Waals surface area contributed by atoms with Crippen molar-refractivity contribution in [2.45, 2.75) is 37.8 Å². The molecule has 0 aliphatic carbocycles. The normalized spacial score (nSPS) is 43.9. The Labute approximate surface area is 99.2 Å². The Balaban J connectivity index is 1.62. The van der Waals surface area contributed by atoms with Crippen LogP contribution in [0, 0.1) is 5.92 Å². The van der Waals surface area contributed by atoms with Crippen LogP contribution in [0.2, 0.25) is 0 Å². The molecule has 16 heavy (non-hydrogen) atoms. The summed E-state index contributed by atoms with van der Waals surface area (Å²) >= 11 is 0. The Morgan fingerprint density at radius 1 is 1.19 bits per heavy atom. The summed E-state index contributed by atoms with van der Waals surface area (Å²) in [6.07, 6.45) is 5.60. The first kappa shape index (κ1) is 11.0. The fraction of sp³-hybridized carbons (Fsp3) is 1.00. The smallest absolute Gasteiger partial charge is 0.0221 e. The van der Waals surface area contributed by atoms with Crippen LogP contribution < -0.4 is 5.32 Å². The van der Waals surface area contributed by atoms with E-state index in [2.05, 4.69) is 22.2 Å². The second-order valence-electron chi connectivity index (χ2n) is 5.87. The van der Waals surface area contributed by atoms with Gasteiger partial charge in [0.15, 0.2) is 0 Å². The minimum absolute atomic E-state index is 0.797. The number of fused-ring (bicyclic) bond motifs is 2. The van der Waals surface area contributed by atoms with Gasteiger partial charge in [-0.3, -0.25) is 4.90 Å². The van der Waals surface area contributed by atoms with E-state index >= 15 is 0 Å². The molecule has 0 spiro atoms. The number of hydrogen-bond donors (Lipinski definition) is 1. The van der Waals surface area contributed by atoms with Gasteiger partial charge in [-0.05, 0) is 58.3 Å². The van der Waals surface area contributed by atoms with E-state index in [0.717, 1.165) is 18.0 Å². The number of nitrogens with zero attached hydrogens (tertiary/aromatic N) is 2. The highest BCUT2D eigenvalue weighted by atomic mass is 15.2. The molecule has 3 aliphatic heterocycles. The molecule has 0 aromatic rings. The van der Waals surface area contributed by atoms with Gasteiger partial charge in [0.05, 0.1) is 0 Å². The standard InChI is InChI=1S/C13H25N3/c1-15(12-3-2-6-14-9-12)13-5-8-16-7-4-11(13)10-16/h11-14H,2-10H2,1H3. The molecule has 3 nitrogen and oxygen atoms in total. The Bertz CT molecular complexity index is 237. The zero-order valence-electron chi connectivity index (χ0n) is 10.5. The molecule has 0 radical (unpaired) electrons. The highest BCUT2D eigenvalue weighted by molar-refractivity contribution is 4.93. The number of hydrogen-bond acceptors (Lipinski definition) is 3. The van der Waals surface area contributed by atoms with Gasteiger partial charge in [-0.15, -0.1) is 0 Å². The van der Waals surface area contributed by atoms with Crippen LogP contribution >= 0.6 is 0 Å². The van der Waals surface area contributed by atoms with E-state index in [1.807, 2.05) is 0 Å². The molecular formula is C13H25N3. The van der Waals surface area contributed by atoms with Crippen molar-refractivity contribution in [3.63, 3.8) is 0 Å². The van der Waals surface area contributed by atoms with Crippen LogP contribution in [-0.2, 0) is 0 Å². The fourth-order valence-electron chi connectivity index (χ4n) is 3.92. The number of likely N-dealkylation sites (N-methyl/N-ethyl adjacent to an activating group) is 1. The van der Waals surface area contributed by atoms with Crippen molar-refractivity contribution in [3.05, 3.63) is 0 Å². The highest BCUT2D eigenvalue weighted by Crippen LogP contribution is 2.31. The lowest BCUT2D eigenvalue weighted by atomic mass is 9.91. The van der Waals surface area contributed by atoms with Crippen LogP contribution in [0.3, 0.4) is 0 Å². The Hall–Kier alpha value is -0.120. The maximum Gasteiger partial charge on any atom is 0.0221 e. The first-order chi connectivity index (χ1) is 7.84. The molecule has 0 amide bonds. The van der Waals surface area contributed by atoms with Gasteiger partial charge in [0.2, 0.25) is 0 Å². The molecule has 1 N–H and O–H groups in total. The van der Waals surface area contributed by atoms with Gasteiger partial charge in [0.1, 0.15) is 0 Å².